The van der Waals surface area contributed by atoms with Crippen LogP contribution in [0.1, 0.15) is 67.8 Å². The molecule has 1 saturated carbocycles. The molecule has 1 heterocycles. The minimum absolute atomic E-state index is 0.00620. The van der Waals surface area contributed by atoms with Crippen molar-refractivity contribution in [1.82, 2.24) is 10.3 Å². The second-order valence-electron chi connectivity index (χ2n) is 5.77. The van der Waals surface area contributed by atoms with Gasteiger partial charge in [-0.25, -0.2) is 4.98 Å². The van der Waals surface area contributed by atoms with E-state index in [1.165, 1.54) is 44.7 Å². The lowest BCUT2D eigenvalue weighted by Crippen LogP contribution is -2.22. The van der Waals surface area contributed by atoms with Gasteiger partial charge in [-0.15, -0.1) is 11.3 Å². The third-order valence-corrected chi connectivity index (χ3v) is 5.26. The Morgan fingerprint density at radius 3 is 2.48 bits per heavy atom. The molecule has 0 bridgehead atoms. The summed E-state index contributed by atoms with van der Waals surface area (Å²) in [4.78, 5) is 4.27. The lowest BCUT2D eigenvalue weighted by atomic mass is 9.92. The highest BCUT2D eigenvalue weighted by molar-refractivity contribution is 7.11. The zero-order valence-corrected chi connectivity index (χ0v) is 13.2. The van der Waals surface area contributed by atoms with Gasteiger partial charge in [0.05, 0.1) is 0 Å². The highest BCUT2D eigenvalue weighted by Crippen LogP contribution is 2.37. The van der Waals surface area contributed by atoms with Crippen LogP contribution < -0.4 is 5.32 Å². The van der Waals surface area contributed by atoms with E-state index >= 15 is 0 Å². The number of alkyl halides is 3. The lowest BCUT2D eigenvalue weighted by molar-refractivity contribution is -0.137. The Hall–Kier alpha value is -0.620. The minimum atomic E-state index is -4.33. The molecular formula is C15H23F3N2S. The molecule has 0 amide bonds. The summed E-state index contributed by atoms with van der Waals surface area (Å²) in [6.07, 6.45) is 5.48. The standard InChI is InChI=1S/C15H23F3N2S/c1-2-19-12(9-11-7-5-3-4-6-8-11)13-10-20-14(21-13)15(16,17)18/h10-12,19H,2-9H2,1H3. The van der Waals surface area contributed by atoms with E-state index in [-0.39, 0.29) is 6.04 Å². The summed E-state index contributed by atoms with van der Waals surface area (Å²) in [7, 11) is 0. The van der Waals surface area contributed by atoms with Crippen LogP contribution in [0.5, 0.6) is 0 Å². The van der Waals surface area contributed by atoms with Gasteiger partial charge in [0.2, 0.25) is 0 Å². The smallest absolute Gasteiger partial charge is 0.309 e. The summed E-state index contributed by atoms with van der Waals surface area (Å²) in [6.45, 7) is 2.75. The Morgan fingerprint density at radius 1 is 1.29 bits per heavy atom. The van der Waals surface area contributed by atoms with Crippen LogP contribution in [0.4, 0.5) is 13.2 Å². The molecule has 1 N–H and O–H groups in total. The van der Waals surface area contributed by atoms with Crippen LogP contribution in [0.25, 0.3) is 0 Å². The maximum atomic E-state index is 12.7. The zero-order chi connectivity index (χ0) is 15.3. The topological polar surface area (TPSA) is 24.9 Å². The Kier molecular flexibility index (Phi) is 6.05. The van der Waals surface area contributed by atoms with Crippen molar-refractivity contribution < 1.29 is 13.2 Å². The second kappa shape index (κ2) is 7.58. The maximum Gasteiger partial charge on any atom is 0.443 e. The Balaban J connectivity index is 2.05. The van der Waals surface area contributed by atoms with Crippen LogP contribution in [0, 0.1) is 5.92 Å². The van der Waals surface area contributed by atoms with Gasteiger partial charge in [0.15, 0.2) is 5.01 Å². The predicted molar refractivity (Wildman–Crippen MR) is 79.3 cm³/mol. The van der Waals surface area contributed by atoms with Gasteiger partial charge < -0.3 is 5.32 Å². The van der Waals surface area contributed by atoms with E-state index in [2.05, 4.69) is 10.3 Å². The monoisotopic (exact) mass is 320 g/mol. The van der Waals surface area contributed by atoms with E-state index in [1.807, 2.05) is 6.92 Å². The van der Waals surface area contributed by atoms with Crippen LogP contribution in [-0.2, 0) is 6.18 Å². The van der Waals surface area contributed by atoms with Crippen molar-refractivity contribution in [3.05, 3.63) is 16.1 Å². The van der Waals surface area contributed by atoms with Gasteiger partial charge in [0.1, 0.15) is 0 Å². The molecule has 0 saturated heterocycles. The molecule has 1 aliphatic rings. The molecule has 0 spiro atoms. The van der Waals surface area contributed by atoms with Gasteiger partial charge in [0.25, 0.3) is 0 Å². The van der Waals surface area contributed by atoms with E-state index in [4.69, 9.17) is 0 Å². The first-order valence-corrected chi connectivity index (χ1v) is 8.58. The molecule has 21 heavy (non-hydrogen) atoms. The number of aromatic nitrogens is 1. The van der Waals surface area contributed by atoms with Gasteiger partial charge in [-0.3, -0.25) is 0 Å². The maximum absolute atomic E-state index is 12.7. The molecule has 0 aliphatic heterocycles. The van der Waals surface area contributed by atoms with Crippen molar-refractivity contribution >= 4 is 11.3 Å². The van der Waals surface area contributed by atoms with E-state index in [0.29, 0.717) is 10.8 Å². The van der Waals surface area contributed by atoms with E-state index in [9.17, 15) is 13.2 Å². The average molecular weight is 320 g/mol. The Bertz CT molecular complexity index is 423. The first-order chi connectivity index (χ1) is 10.0. The molecule has 0 aromatic carbocycles. The third kappa shape index (κ3) is 4.95. The van der Waals surface area contributed by atoms with Crippen molar-refractivity contribution in [1.29, 1.82) is 0 Å². The molecule has 6 heteroatoms. The molecule has 2 rings (SSSR count). The normalized spacial score (nSPS) is 19.4. The summed E-state index contributed by atoms with van der Waals surface area (Å²) < 4.78 is 38.1. The van der Waals surface area contributed by atoms with Crippen molar-refractivity contribution in [2.45, 2.75) is 64.1 Å². The van der Waals surface area contributed by atoms with Crippen molar-refractivity contribution in [2.75, 3.05) is 6.54 Å². The van der Waals surface area contributed by atoms with Gasteiger partial charge in [0, 0.05) is 17.1 Å². The minimum Gasteiger partial charge on any atom is -0.309 e. The molecule has 1 fully saturated rings. The highest BCUT2D eigenvalue weighted by Gasteiger charge is 2.35. The zero-order valence-electron chi connectivity index (χ0n) is 12.4. The quantitative estimate of drug-likeness (QED) is 0.757. The predicted octanol–water partition coefficient (Wildman–Crippen LogP) is 5.17. The average Bonchev–Trinajstić information content (AvgIpc) is 2.78. The summed E-state index contributed by atoms with van der Waals surface area (Å²) in [5, 5.41) is 2.60. The van der Waals surface area contributed by atoms with Crippen molar-refractivity contribution in [3.63, 3.8) is 0 Å². The summed E-state index contributed by atoms with van der Waals surface area (Å²) in [6, 6.07) is 0.00620. The Morgan fingerprint density at radius 2 is 1.95 bits per heavy atom. The van der Waals surface area contributed by atoms with E-state index < -0.39 is 11.2 Å². The van der Waals surface area contributed by atoms with Crippen LogP contribution >= 0.6 is 11.3 Å². The van der Waals surface area contributed by atoms with E-state index in [1.54, 1.807) is 0 Å². The molecule has 2 nitrogen and oxygen atoms in total. The first-order valence-electron chi connectivity index (χ1n) is 7.77. The molecule has 0 radical (unpaired) electrons. The number of rotatable bonds is 5. The summed E-state index contributed by atoms with van der Waals surface area (Å²) >= 11 is 0.783. The van der Waals surface area contributed by atoms with E-state index in [0.717, 1.165) is 24.3 Å². The summed E-state index contributed by atoms with van der Waals surface area (Å²) in [5.74, 6) is 0.619. The van der Waals surface area contributed by atoms with Gasteiger partial charge in [-0.2, -0.15) is 13.2 Å². The van der Waals surface area contributed by atoms with Crippen LogP contribution in [0.3, 0.4) is 0 Å². The van der Waals surface area contributed by atoms with Crippen LogP contribution in [0.15, 0.2) is 6.20 Å². The van der Waals surface area contributed by atoms with Gasteiger partial charge in [-0.05, 0) is 18.9 Å². The largest absolute Gasteiger partial charge is 0.443 e. The van der Waals surface area contributed by atoms with Gasteiger partial charge >= 0.3 is 6.18 Å². The fourth-order valence-corrected chi connectivity index (χ4v) is 3.93. The SMILES string of the molecule is CCNC(CC1CCCCCC1)c1cnc(C(F)(F)F)s1. The van der Waals surface area contributed by atoms with Crippen molar-refractivity contribution in [3.8, 4) is 0 Å². The second-order valence-corrected chi connectivity index (χ2v) is 6.83. The van der Waals surface area contributed by atoms with Crippen LogP contribution in [-0.4, -0.2) is 11.5 Å². The number of halogens is 3. The Labute approximate surface area is 128 Å². The van der Waals surface area contributed by atoms with Crippen LogP contribution in [0.2, 0.25) is 0 Å². The first kappa shape index (κ1) is 16.7. The number of nitrogens with zero attached hydrogens (tertiary/aromatic N) is 1. The van der Waals surface area contributed by atoms with Gasteiger partial charge in [-0.1, -0.05) is 45.4 Å². The molecule has 1 aromatic heterocycles. The summed E-state index contributed by atoms with van der Waals surface area (Å²) in [5.41, 5.74) is 0. The third-order valence-electron chi connectivity index (χ3n) is 4.10. The fraction of sp³-hybridized carbons (Fsp3) is 0.800. The van der Waals surface area contributed by atoms with Crippen molar-refractivity contribution in [2.24, 2.45) is 5.92 Å². The molecule has 1 aromatic rings. The molecule has 1 atom stereocenters. The molecule has 1 aliphatic carbocycles. The molecule has 1 unspecified atom stereocenters. The highest BCUT2D eigenvalue weighted by atomic mass is 32.1. The fourth-order valence-electron chi connectivity index (χ4n) is 3.06. The lowest BCUT2D eigenvalue weighted by Gasteiger charge is -2.22. The molecule has 120 valence electrons. The number of hydrogen-bond acceptors (Lipinski definition) is 3. The molecular weight excluding hydrogens is 297 g/mol. The number of hydrogen-bond donors (Lipinski definition) is 1. The number of nitrogens with one attached hydrogen (secondary N) is 1. The number of thiazole rings is 1.